The van der Waals surface area contributed by atoms with E-state index in [1.165, 1.54) is 18.2 Å². The van der Waals surface area contributed by atoms with Crippen LogP contribution in [-0.4, -0.2) is 5.11 Å². The third-order valence-electron chi connectivity index (χ3n) is 2.29. The van der Waals surface area contributed by atoms with Crippen molar-refractivity contribution in [3.05, 3.63) is 59.4 Å². The minimum Gasteiger partial charge on any atom is -0.448 e. The summed E-state index contributed by atoms with van der Waals surface area (Å²) in [5.74, 6) is -3.68. The Bertz CT molecular complexity index is 547. The van der Waals surface area contributed by atoms with Crippen LogP contribution in [0.3, 0.4) is 0 Å². The fraction of sp³-hybridized carbons (Fsp3) is 0.0769. The van der Waals surface area contributed by atoms with E-state index in [9.17, 15) is 13.2 Å². The average molecular weight is 254 g/mol. The van der Waals surface area contributed by atoms with Gasteiger partial charge in [-0.15, -0.1) is 0 Å². The summed E-state index contributed by atoms with van der Waals surface area (Å²) in [5.41, 5.74) is 0.0749. The molecule has 2 nitrogen and oxygen atoms in total. The summed E-state index contributed by atoms with van der Waals surface area (Å²) in [6, 6.07) is 7.15. The Balaban J connectivity index is 2.38. The first-order valence-corrected chi connectivity index (χ1v) is 5.13. The van der Waals surface area contributed by atoms with E-state index in [0.717, 1.165) is 18.2 Å². The Morgan fingerprint density at radius 1 is 0.944 bits per heavy atom. The van der Waals surface area contributed by atoms with Crippen LogP contribution in [0, 0.1) is 17.5 Å². The predicted octanol–water partition coefficient (Wildman–Crippen LogP) is 3.39. The summed E-state index contributed by atoms with van der Waals surface area (Å²) in [5, 5.41) is 8.78. The molecule has 0 aliphatic carbocycles. The molecule has 5 heteroatoms. The highest BCUT2D eigenvalue weighted by Gasteiger charge is 2.15. The fourth-order valence-electron chi connectivity index (χ4n) is 1.44. The van der Waals surface area contributed by atoms with E-state index in [0.29, 0.717) is 0 Å². The zero-order valence-electron chi connectivity index (χ0n) is 9.16. The van der Waals surface area contributed by atoms with Crippen molar-refractivity contribution >= 4 is 0 Å². The molecule has 0 saturated carbocycles. The first-order chi connectivity index (χ1) is 8.61. The van der Waals surface area contributed by atoms with Crippen LogP contribution in [0.15, 0.2) is 36.4 Å². The van der Waals surface area contributed by atoms with Crippen LogP contribution >= 0.6 is 0 Å². The number of hydrogen-bond acceptors (Lipinski definition) is 2. The van der Waals surface area contributed by atoms with Crippen LogP contribution in [-0.2, 0) is 6.61 Å². The van der Waals surface area contributed by atoms with Crippen molar-refractivity contribution in [3.8, 4) is 11.5 Å². The quantitative estimate of drug-likeness (QED) is 0.909. The number of aliphatic hydroxyl groups excluding tert-OH is 1. The van der Waals surface area contributed by atoms with E-state index in [4.69, 9.17) is 9.84 Å². The molecule has 18 heavy (non-hydrogen) atoms. The fourth-order valence-corrected chi connectivity index (χ4v) is 1.44. The van der Waals surface area contributed by atoms with Crippen molar-refractivity contribution in [1.82, 2.24) is 0 Å². The van der Waals surface area contributed by atoms with Gasteiger partial charge >= 0.3 is 0 Å². The van der Waals surface area contributed by atoms with Crippen LogP contribution in [0.1, 0.15) is 5.56 Å². The highest BCUT2D eigenvalue weighted by molar-refractivity contribution is 5.36. The van der Waals surface area contributed by atoms with E-state index < -0.39 is 29.8 Å². The number of rotatable bonds is 3. The Morgan fingerprint density at radius 3 is 2.11 bits per heavy atom. The third kappa shape index (κ3) is 2.46. The van der Waals surface area contributed by atoms with Gasteiger partial charge < -0.3 is 9.84 Å². The molecule has 2 aromatic carbocycles. The molecular weight excluding hydrogens is 245 g/mol. The molecular formula is C13H9F3O2. The van der Waals surface area contributed by atoms with Crippen molar-refractivity contribution in [1.29, 1.82) is 0 Å². The van der Waals surface area contributed by atoms with Crippen molar-refractivity contribution in [2.75, 3.05) is 0 Å². The molecule has 0 fully saturated rings. The molecule has 0 heterocycles. The maximum atomic E-state index is 13.5. The van der Waals surface area contributed by atoms with Crippen molar-refractivity contribution in [2.45, 2.75) is 6.61 Å². The second-order valence-electron chi connectivity index (χ2n) is 3.58. The number of ether oxygens (including phenoxy) is 1. The van der Waals surface area contributed by atoms with Gasteiger partial charge in [-0.1, -0.05) is 12.1 Å². The summed E-state index contributed by atoms with van der Waals surface area (Å²) < 4.78 is 45.2. The van der Waals surface area contributed by atoms with Crippen molar-refractivity contribution in [2.24, 2.45) is 0 Å². The predicted molar refractivity (Wildman–Crippen MR) is 58.8 cm³/mol. The SMILES string of the molecule is OCc1cc(F)c(Oc2ccccc2F)c(F)c1. The largest absolute Gasteiger partial charge is 0.448 e. The number of halogens is 3. The zero-order chi connectivity index (χ0) is 13.1. The highest BCUT2D eigenvalue weighted by atomic mass is 19.1. The lowest BCUT2D eigenvalue weighted by molar-refractivity contribution is 0.279. The van der Waals surface area contributed by atoms with Gasteiger partial charge in [-0.2, -0.15) is 0 Å². The summed E-state index contributed by atoms with van der Waals surface area (Å²) >= 11 is 0. The molecule has 0 atom stereocenters. The summed E-state index contributed by atoms with van der Waals surface area (Å²) in [4.78, 5) is 0. The number of benzene rings is 2. The Labute approximate surface area is 101 Å². The standard InChI is InChI=1S/C13H9F3O2/c14-9-3-1-2-4-12(9)18-13-10(15)5-8(7-17)6-11(13)16/h1-6,17H,7H2. The van der Waals surface area contributed by atoms with Crippen LogP contribution in [0.5, 0.6) is 11.5 Å². The molecule has 0 aliphatic rings. The monoisotopic (exact) mass is 254 g/mol. The summed E-state index contributed by atoms with van der Waals surface area (Å²) in [6.07, 6.45) is 0. The molecule has 1 N–H and O–H groups in total. The molecule has 0 saturated heterocycles. The molecule has 94 valence electrons. The van der Waals surface area contributed by atoms with Crippen LogP contribution in [0.4, 0.5) is 13.2 Å². The van der Waals surface area contributed by atoms with Gasteiger partial charge in [0.25, 0.3) is 0 Å². The topological polar surface area (TPSA) is 29.5 Å². The first kappa shape index (κ1) is 12.4. The summed E-state index contributed by atoms with van der Waals surface area (Å²) in [6.45, 7) is -0.492. The van der Waals surface area contributed by atoms with E-state index in [1.807, 2.05) is 0 Å². The third-order valence-corrected chi connectivity index (χ3v) is 2.29. The van der Waals surface area contributed by atoms with Gasteiger partial charge in [0.05, 0.1) is 6.61 Å². The van der Waals surface area contributed by atoms with Gasteiger partial charge in [0.1, 0.15) is 0 Å². The Hall–Kier alpha value is -2.01. The van der Waals surface area contributed by atoms with E-state index in [-0.39, 0.29) is 11.3 Å². The molecule has 0 aliphatic heterocycles. The minimum atomic E-state index is -0.998. The number of hydrogen-bond donors (Lipinski definition) is 1. The lowest BCUT2D eigenvalue weighted by atomic mass is 10.2. The van der Waals surface area contributed by atoms with Gasteiger partial charge in [-0.05, 0) is 29.8 Å². The Kier molecular flexibility index (Phi) is 3.53. The number of para-hydroxylation sites is 1. The molecule has 2 aromatic rings. The van der Waals surface area contributed by atoms with Gasteiger partial charge in [0, 0.05) is 0 Å². The van der Waals surface area contributed by atoms with E-state index >= 15 is 0 Å². The minimum absolute atomic E-state index is 0.0749. The smallest absolute Gasteiger partial charge is 0.198 e. The Morgan fingerprint density at radius 2 is 1.56 bits per heavy atom. The molecule has 0 bridgehead atoms. The molecule has 0 amide bonds. The molecule has 2 rings (SSSR count). The van der Waals surface area contributed by atoms with Crippen LogP contribution < -0.4 is 4.74 Å². The molecule has 0 aromatic heterocycles. The molecule has 0 unspecified atom stereocenters. The maximum absolute atomic E-state index is 13.5. The van der Waals surface area contributed by atoms with Crippen LogP contribution in [0.2, 0.25) is 0 Å². The van der Waals surface area contributed by atoms with Gasteiger partial charge in [0.15, 0.2) is 29.0 Å². The van der Waals surface area contributed by atoms with Crippen molar-refractivity contribution < 1.29 is 23.0 Å². The normalized spacial score (nSPS) is 10.4. The summed E-state index contributed by atoms with van der Waals surface area (Å²) in [7, 11) is 0. The average Bonchev–Trinajstić information content (AvgIpc) is 2.35. The van der Waals surface area contributed by atoms with Gasteiger partial charge in [-0.3, -0.25) is 0 Å². The van der Waals surface area contributed by atoms with E-state index in [1.54, 1.807) is 0 Å². The van der Waals surface area contributed by atoms with Crippen LogP contribution in [0.25, 0.3) is 0 Å². The van der Waals surface area contributed by atoms with Crippen molar-refractivity contribution in [3.63, 3.8) is 0 Å². The first-order valence-electron chi connectivity index (χ1n) is 5.13. The second-order valence-corrected chi connectivity index (χ2v) is 3.58. The lowest BCUT2D eigenvalue weighted by Gasteiger charge is -2.09. The maximum Gasteiger partial charge on any atom is 0.198 e. The lowest BCUT2D eigenvalue weighted by Crippen LogP contribution is -1.97. The zero-order valence-corrected chi connectivity index (χ0v) is 9.16. The number of aliphatic hydroxyl groups is 1. The van der Waals surface area contributed by atoms with E-state index in [2.05, 4.69) is 0 Å². The highest BCUT2D eigenvalue weighted by Crippen LogP contribution is 2.30. The molecule has 0 spiro atoms. The van der Waals surface area contributed by atoms with Gasteiger partial charge in [-0.25, -0.2) is 13.2 Å². The molecule has 0 radical (unpaired) electrons. The van der Waals surface area contributed by atoms with Gasteiger partial charge in [0.2, 0.25) is 0 Å². The second kappa shape index (κ2) is 5.10.